The van der Waals surface area contributed by atoms with Crippen molar-refractivity contribution in [1.29, 1.82) is 0 Å². The maximum Gasteiger partial charge on any atom is 0.209 e. The Morgan fingerprint density at radius 3 is 2.78 bits per heavy atom. The molecule has 23 heavy (non-hydrogen) atoms. The highest BCUT2D eigenvalue weighted by atomic mass is 32.2. The molecule has 0 radical (unpaired) electrons. The number of hydrogen-bond donors (Lipinski definition) is 1. The van der Waals surface area contributed by atoms with E-state index < -0.39 is 28.2 Å². The fourth-order valence-electron chi connectivity index (χ4n) is 2.22. The second-order valence-corrected chi connectivity index (χ2v) is 6.90. The Hall–Kier alpha value is -2.06. The van der Waals surface area contributed by atoms with Gasteiger partial charge >= 0.3 is 0 Å². The van der Waals surface area contributed by atoms with Gasteiger partial charge in [-0.05, 0) is 17.2 Å². The summed E-state index contributed by atoms with van der Waals surface area (Å²) in [5.74, 6) is 0. The van der Waals surface area contributed by atoms with Gasteiger partial charge in [-0.15, -0.1) is 0 Å². The van der Waals surface area contributed by atoms with Gasteiger partial charge in [0, 0.05) is 4.91 Å². The lowest BCUT2D eigenvalue weighted by molar-refractivity contribution is -0.00458. The van der Waals surface area contributed by atoms with E-state index >= 15 is 0 Å². The highest BCUT2D eigenvalue weighted by Gasteiger charge is 2.34. The minimum atomic E-state index is -3.49. The number of nitrogens with zero attached hydrogens (tertiary/aromatic N) is 3. The Kier molecular flexibility index (Phi) is 6.00. The van der Waals surface area contributed by atoms with Crippen LogP contribution in [0.3, 0.4) is 0 Å². The number of azide groups is 1. The van der Waals surface area contributed by atoms with Crippen LogP contribution in [0.2, 0.25) is 0 Å². The number of rotatable bonds is 7. The largest absolute Gasteiger partial charge is 0.494 e. The van der Waals surface area contributed by atoms with Gasteiger partial charge in [0.05, 0.1) is 37.8 Å². The molecule has 0 saturated heterocycles. The third kappa shape index (κ3) is 5.57. The zero-order valence-corrected chi connectivity index (χ0v) is 13.4. The van der Waals surface area contributed by atoms with Gasteiger partial charge in [-0.25, -0.2) is 13.1 Å². The van der Waals surface area contributed by atoms with Crippen molar-refractivity contribution in [1.82, 2.24) is 4.72 Å². The summed E-state index contributed by atoms with van der Waals surface area (Å²) in [6.07, 6.45) is 3.36. The molecule has 0 spiro atoms. The first-order valence-corrected chi connectivity index (χ1v) is 8.84. The van der Waals surface area contributed by atoms with E-state index in [1.165, 1.54) is 12.3 Å². The van der Waals surface area contributed by atoms with E-state index in [9.17, 15) is 8.42 Å². The molecule has 0 bridgehead atoms. The van der Waals surface area contributed by atoms with Crippen LogP contribution in [0.15, 0.2) is 47.8 Å². The maximum absolute atomic E-state index is 11.5. The summed E-state index contributed by atoms with van der Waals surface area (Å²) in [4.78, 5) is 2.74. The highest BCUT2D eigenvalue weighted by Crippen LogP contribution is 2.17. The molecule has 0 aromatic heterocycles. The molecule has 1 heterocycles. The van der Waals surface area contributed by atoms with Crippen molar-refractivity contribution < 1.29 is 17.9 Å². The minimum absolute atomic E-state index is 0.157. The Morgan fingerprint density at radius 1 is 1.39 bits per heavy atom. The molecule has 2 rings (SSSR count). The van der Waals surface area contributed by atoms with Crippen molar-refractivity contribution in [3.8, 4) is 0 Å². The molecule has 1 aromatic rings. The van der Waals surface area contributed by atoms with Gasteiger partial charge in [-0.3, -0.25) is 0 Å². The fourth-order valence-corrected chi connectivity index (χ4v) is 3.01. The van der Waals surface area contributed by atoms with Crippen molar-refractivity contribution in [2.75, 3.05) is 12.9 Å². The smallest absolute Gasteiger partial charge is 0.209 e. The number of benzene rings is 1. The molecule has 124 valence electrons. The molecule has 0 saturated carbocycles. The highest BCUT2D eigenvalue weighted by molar-refractivity contribution is 7.88. The van der Waals surface area contributed by atoms with Crippen LogP contribution in [0.5, 0.6) is 0 Å². The number of nitrogens with one attached hydrogen (secondary N) is 1. The van der Waals surface area contributed by atoms with Crippen LogP contribution in [-0.2, 0) is 26.1 Å². The summed E-state index contributed by atoms with van der Waals surface area (Å²) in [6.45, 7) is 0.534. The Labute approximate surface area is 134 Å². The van der Waals surface area contributed by atoms with E-state index in [1.54, 1.807) is 0 Å². The van der Waals surface area contributed by atoms with Crippen LogP contribution < -0.4 is 4.72 Å². The summed E-state index contributed by atoms with van der Waals surface area (Å²) in [7, 11) is -3.49. The van der Waals surface area contributed by atoms with Crippen LogP contribution in [-0.4, -0.2) is 39.5 Å². The van der Waals surface area contributed by atoms with Gasteiger partial charge < -0.3 is 9.47 Å². The number of sulfonamides is 1. The van der Waals surface area contributed by atoms with E-state index in [1.807, 2.05) is 30.3 Å². The molecule has 3 atom stereocenters. The molecule has 0 unspecified atom stereocenters. The molecular weight excluding hydrogens is 320 g/mol. The fraction of sp³-hybridized carbons (Fsp3) is 0.429. The van der Waals surface area contributed by atoms with Gasteiger partial charge in [0.15, 0.2) is 0 Å². The van der Waals surface area contributed by atoms with Crippen LogP contribution in [0.25, 0.3) is 10.4 Å². The Balaban J connectivity index is 2.02. The van der Waals surface area contributed by atoms with Crippen molar-refractivity contribution in [3.05, 3.63) is 58.7 Å². The van der Waals surface area contributed by atoms with E-state index in [4.69, 9.17) is 15.0 Å². The van der Waals surface area contributed by atoms with Crippen LogP contribution in [0.4, 0.5) is 0 Å². The first kappa shape index (κ1) is 17.3. The maximum atomic E-state index is 11.5. The average Bonchev–Trinajstić information content (AvgIpc) is 2.50. The normalized spacial score (nSPS) is 23.8. The summed E-state index contributed by atoms with van der Waals surface area (Å²) in [5.41, 5.74) is 9.62. The molecule has 9 heteroatoms. The predicted molar refractivity (Wildman–Crippen MR) is 84.8 cm³/mol. The SMILES string of the molecule is CS(=O)(=O)N[C@@H]1[C@@H](N=[N+]=[N-])C=CO[C@@H]1COCc1ccccc1. The van der Waals surface area contributed by atoms with E-state index in [2.05, 4.69) is 14.7 Å². The second kappa shape index (κ2) is 7.98. The molecule has 8 nitrogen and oxygen atoms in total. The monoisotopic (exact) mass is 338 g/mol. The second-order valence-electron chi connectivity index (χ2n) is 5.12. The quantitative estimate of drug-likeness (QED) is 0.463. The minimum Gasteiger partial charge on any atom is -0.494 e. The third-order valence-electron chi connectivity index (χ3n) is 3.23. The van der Waals surface area contributed by atoms with Crippen LogP contribution >= 0.6 is 0 Å². The summed E-state index contributed by atoms with van der Waals surface area (Å²) < 4.78 is 36.5. The van der Waals surface area contributed by atoms with Gasteiger partial charge in [-0.2, -0.15) is 0 Å². The lowest BCUT2D eigenvalue weighted by Gasteiger charge is -2.32. The number of hydrogen-bond acceptors (Lipinski definition) is 5. The van der Waals surface area contributed by atoms with Crippen LogP contribution in [0, 0.1) is 0 Å². The molecule has 0 aliphatic carbocycles. The lowest BCUT2D eigenvalue weighted by atomic mass is 10.0. The molecule has 1 aliphatic heterocycles. The molecule has 1 aliphatic rings. The summed E-state index contributed by atoms with van der Waals surface area (Å²) in [5, 5.41) is 3.60. The zero-order chi connectivity index (χ0) is 16.7. The van der Waals surface area contributed by atoms with E-state index in [0.717, 1.165) is 11.8 Å². The van der Waals surface area contributed by atoms with E-state index in [0.29, 0.717) is 6.61 Å². The summed E-state index contributed by atoms with van der Waals surface area (Å²) >= 11 is 0. The summed E-state index contributed by atoms with van der Waals surface area (Å²) in [6, 6.07) is 8.19. The van der Waals surface area contributed by atoms with Gasteiger partial charge in [0.1, 0.15) is 6.10 Å². The molecule has 1 aromatic carbocycles. The standard InChI is InChI=1S/C14H18N4O4S/c1-23(19,20)17-14-12(16-18-15)7-8-22-13(14)10-21-9-11-5-3-2-4-6-11/h2-8,12-14,17H,9-10H2,1H3/t12-,13+,14+/m0/s1. The molecular formula is C14H18N4O4S. The topological polar surface area (TPSA) is 113 Å². The van der Waals surface area contributed by atoms with Crippen molar-refractivity contribution >= 4 is 10.0 Å². The van der Waals surface area contributed by atoms with Crippen molar-refractivity contribution in [3.63, 3.8) is 0 Å². The van der Waals surface area contributed by atoms with Crippen molar-refractivity contribution in [2.24, 2.45) is 5.11 Å². The average molecular weight is 338 g/mol. The van der Waals surface area contributed by atoms with Gasteiger partial charge in [0.2, 0.25) is 10.0 Å². The Morgan fingerprint density at radius 2 is 2.13 bits per heavy atom. The first-order chi connectivity index (χ1) is 11.0. The molecule has 1 N–H and O–H groups in total. The molecule has 0 fully saturated rings. The van der Waals surface area contributed by atoms with Crippen LogP contribution in [0.1, 0.15) is 5.56 Å². The van der Waals surface area contributed by atoms with Gasteiger partial charge in [0.25, 0.3) is 0 Å². The third-order valence-corrected chi connectivity index (χ3v) is 3.93. The van der Waals surface area contributed by atoms with E-state index in [-0.39, 0.29) is 6.61 Å². The first-order valence-electron chi connectivity index (χ1n) is 6.95. The number of ether oxygens (including phenoxy) is 2. The lowest BCUT2D eigenvalue weighted by Crippen LogP contribution is -2.53. The van der Waals surface area contributed by atoms with Crippen molar-refractivity contribution in [2.45, 2.75) is 24.8 Å². The molecule has 0 amide bonds. The predicted octanol–water partition coefficient (Wildman–Crippen LogP) is 1.71. The van der Waals surface area contributed by atoms with Gasteiger partial charge in [-0.1, -0.05) is 35.4 Å². The Bertz CT molecular complexity index is 686. The zero-order valence-electron chi connectivity index (χ0n) is 12.6.